The molecule has 1 atom stereocenters. The number of hydrogen-bond acceptors (Lipinski definition) is 6. The number of amides is 1. The first-order valence-electron chi connectivity index (χ1n) is 6.92. The lowest BCUT2D eigenvalue weighted by Crippen LogP contribution is -2.39. The molecule has 1 saturated heterocycles. The summed E-state index contributed by atoms with van der Waals surface area (Å²) in [6.45, 7) is 7.01. The van der Waals surface area contributed by atoms with Crippen molar-refractivity contribution in [3.8, 4) is 0 Å². The average molecular weight is 282 g/mol. The lowest BCUT2D eigenvalue weighted by molar-refractivity contribution is -0.132. The molecule has 2 heterocycles. The predicted molar refractivity (Wildman–Crippen MR) is 72.1 cm³/mol. The van der Waals surface area contributed by atoms with Crippen LogP contribution in [0, 0.1) is 6.92 Å². The van der Waals surface area contributed by atoms with Crippen molar-refractivity contribution in [1.82, 2.24) is 19.9 Å². The van der Waals surface area contributed by atoms with Gasteiger partial charge in [0.15, 0.2) is 5.82 Å². The average Bonchev–Trinajstić information content (AvgIpc) is 2.77. The first-order chi connectivity index (χ1) is 9.61. The summed E-state index contributed by atoms with van der Waals surface area (Å²) in [4.78, 5) is 20.4. The molecule has 112 valence electrons. The Morgan fingerprint density at radius 3 is 2.90 bits per heavy atom. The molecule has 0 bridgehead atoms. The molecule has 7 heteroatoms. The van der Waals surface area contributed by atoms with Crippen LogP contribution in [0.5, 0.6) is 0 Å². The fourth-order valence-electron chi connectivity index (χ4n) is 2.36. The fraction of sp³-hybridized carbons (Fsp3) is 0.769. The highest BCUT2D eigenvalue weighted by Gasteiger charge is 2.27. The van der Waals surface area contributed by atoms with Crippen LogP contribution in [-0.2, 0) is 9.53 Å². The van der Waals surface area contributed by atoms with Gasteiger partial charge in [-0.3, -0.25) is 9.69 Å². The maximum atomic E-state index is 12.2. The van der Waals surface area contributed by atoms with E-state index < -0.39 is 0 Å². The van der Waals surface area contributed by atoms with E-state index in [1.807, 2.05) is 11.8 Å². The van der Waals surface area contributed by atoms with Gasteiger partial charge in [-0.1, -0.05) is 5.16 Å². The van der Waals surface area contributed by atoms with Crippen LogP contribution >= 0.6 is 0 Å². The van der Waals surface area contributed by atoms with E-state index in [0.29, 0.717) is 31.4 Å². The summed E-state index contributed by atoms with van der Waals surface area (Å²) in [5.74, 6) is 1.32. The van der Waals surface area contributed by atoms with Crippen LogP contribution in [0.25, 0.3) is 0 Å². The van der Waals surface area contributed by atoms with E-state index in [0.717, 1.165) is 19.5 Å². The van der Waals surface area contributed by atoms with Crippen molar-refractivity contribution in [1.29, 1.82) is 0 Å². The smallest absolute Gasteiger partial charge is 0.236 e. The lowest BCUT2D eigenvalue weighted by atomic mass is 10.2. The molecular weight excluding hydrogens is 260 g/mol. The van der Waals surface area contributed by atoms with Gasteiger partial charge >= 0.3 is 0 Å². The molecule has 0 saturated carbocycles. The SMILES string of the molecule is COCCN1CCCN(C(C)c2noc(C)n2)CC1=O. The van der Waals surface area contributed by atoms with Crippen molar-refractivity contribution in [3.05, 3.63) is 11.7 Å². The van der Waals surface area contributed by atoms with E-state index >= 15 is 0 Å². The number of ether oxygens (including phenoxy) is 1. The molecule has 1 aromatic heterocycles. The predicted octanol–water partition coefficient (Wildman–Crippen LogP) is 0.620. The third-order valence-electron chi connectivity index (χ3n) is 3.59. The number of carbonyl (C=O) groups is 1. The Kier molecular flexibility index (Phi) is 5.08. The summed E-state index contributed by atoms with van der Waals surface area (Å²) in [6.07, 6.45) is 0.941. The van der Waals surface area contributed by atoms with Gasteiger partial charge in [-0.05, 0) is 13.3 Å². The molecule has 1 fully saturated rings. The molecule has 0 aliphatic carbocycles. The molecule has 1 aromatic rings. The third kappa shape index (κ3) is 3.55. The standard InChI is InChI=1S/C13H22N4O3/c1-10(13-14-11(2)20-15-13)17-6-4-5-16(7-8-19-3)12(18)9-17/h10H,4-9H2,1-3H3. The van der Waals surface area contributed by atoms with E-state index in [4.69, 9.17) is 9.26 Å². The molecule has 0 radical (unpaired) electrons. The molecule has 0 spiro atoms. The molecule has 1 amide bonds. The topological polar surface area (TPSA) is 71.7 Å². The number of nitrogens with zero attached hydrogens (tertiary/aromatic N) is 4. The molecular formula is C13H22N4O3. The number of methoxy groups -OCH3 is 1. The highest BCUT2D eigenvalue weighted by atomic mass is 16.5. The molecule has 1 unspecified atom stereocenters. The Balaban J connectivity index is 1.98. The van der Waals surface area contributed by atoms with Gasteiger partial charge in [0.2, 0.25) is 11.8 Å². The second kappa shape index (κ2) is 6.81. The maximum Gasteiger partial charge on any atom is 0.236 e. The summed E-state index contributed by atoms with van der Waals surface area (Å²) in [5.41, 5.74) is 0. The molecule has 7 nitrogen and oxygen atoms in total. The van der Waals surface area contributed by atoms with Crippen molar-refractivity contribution >= 4 is 5.91 Å². The van der Waals surface area contributed by atoms with Crippen LogP contribution in [0.15, 0.2) is 4.52 Å². The summed E-state index contributed by atoms with van der Waals surface area (Å²) in [5, 5.41) is 3.94. The van der Waals surface area contributed by atoms with Crippen molar-refractivity contribution in [3.63, 3.8) is 0 Å². The van der Waals surface area contributed by atoms with Gasteiger partial charge in [0.1, 0.15) is 0 Å². The largest absolute Gasteiger partial charge is 0.383 e. The quantitative estimate of drug-likeness (QED) is 0.788. The summed E-state index contributed by atoms with van der Waals surface area (Å²) in [7, 11) is 1.65. The zero-order chi connectivity index (χ0) is 14.5. The van der Waals surface area contributed by atoms with Crippen molar-refractivity contribution in [2.75, 3.05) is 39.9 Å². The Morgan fingerprint density at radius 2 is 2.25 bits per heavy atom. The summed E-state index contributed by atoms with van der Waals surface area (Å²) < 4.78 is 10.0. The second-order valence-corrected chi connectivity index (χ2v) is 5.05. The van der Waals surface area contributed by atoms with Crippen LogP contribution < -0.4 is 0 Å². The van der Waals surface area contributed by atoms with Crippen molar-refractivity contribution < 1.29 is 14.1 Å². The van der Waals surface area contributed by atoms with Crippen LogP contribution in [-0.4, -0.2) is 65.7 Å². The zero-order valence-corrected chi connectivity index (χ0v) is 12.3. The van der Waals surface area contributed by atoms with Crippen LogP contribution in [0.4, 0.5) is 0 Å². The first-order valence-corrected chi connectivity index (χ1v) is 6.92. The van der Waals surface area contributed by atoms with Gasteiger partial charge in [0.25, 0.3) is 0 Å². The van der Waals surface area contributed by atoms with E-state index in [1.54, 1.807) is 14.0 Å². The van der Waals surface area contributed by atoms with Gasteiger partial charge in [0.05, 0.1) is 19.2 Å². The molecule has 1 aliphatic heterocycles. The van der Waals surface area contributed by atoms with E-state index in [2.05, 4.69) is 15.0 Å². The number of hydrogen-bond donors (Lipinski definition) is 0. The van der Waals surface area contributed by atoms with Crippen LogP contribution in [0.2, 0.25) is 0 Å². The lowest BCUT2D eigenvalue weighted by Gasteiger charge is -2.24. The first kappa shape index (κ1) is 14.9. The van der Waals surface area contributed by atoms with Gasteiger partial charge in [-0.15, -0.1) is 0 Å². The molecule has 1 aliphatic rings. The normalized spacial score (nSPS) is 19.1. The maximum absolute atomic E-state index is 12.2. The van der Waals surface area contributed by atoms with Crippen LogP contribution in [0.1, 0.15) is 31.1 Å². The minimum atomic E-state index is -0.0150. The van der Waals surface area contributed by atoms with Gasteiger partial charge in [0, 0.05) is 33.7 Å². The monoisotopic (exact) mass is 282 g/mol. The van der Waals surface area contributed by atoms with E-state index in [9.17, 15) is 4.79 Å². The van der Waals surface area contributed by atoms with Gasteiger partial charge in [-0.25, -0.2) is 0 Å². The minimum absolute atomic E-state index is 0.0150. The second-order valence-electron chi connectivity index (χ2n) is 5.05. The summed E-state index contributed by atoms with van der Waals surface area (Å²) >= 11 is 0. The Bertz CT molecular complexity index is 449. The van der Waals surface area contributed by atoms with Gasteiger partial charge in [-0.2, -0.15) is 4.98 Å². The van der Waals surface area contributed by atoms with E-state index in [-0.39, 0.29) is 11.9 Å². The Labute approximate surface area is 118 Å². The summed E-state index contributed by atoms with van der Waals surface area (Å²) in [6, 6.07) is -0.0150. The van der Waals surface area contributed by atoms with Crippen molar-refractivity contribution in [2.45, 2.75) is 26.3 Å². The fourth-order valence-corrected chi connectivity index (χ4v) is 2.36. The highest BCUT2D eigenvalue weighted by molar-refractivity contribution is 5.78. The van der Waals surface area contributed by atoms with E-state index in [1.165, 1.54) is 0 Å². The van der Waals surface area contributed by atoms with Gasteiger partial charge < -0.3 is 14.2 Å². The number of rotatable bonds is 5. The number of aromatic nitrogens is 2. The third-order valence-corrected chi connectivity index (χ3v) is 3.59. The molecule has 2 rings (SSSR count). The Hall–Kier alpha value is -1.47. The highest BCUT2D eigenvalue weighted by Crippen LogP contribution is 2.19. The van der Waals surface area contributed by atoms with Crippen LogP contribution in [0.3, 0.4) is 0 Å². The number of aryl methyl sites for hydroxylation is 1. The molecule has 0 N–H and O–H groups in total. The Morgan fingerprint density at radius 1 is 1.45 bits per heavy atom. The zero-order valence-electron chi connectivity index (χ0n) is 12.3. The molecule has 20 heavy (non-hydrogen) atoms. The molecule has 0 aromatic carbocycles. The van der Waals surface area contributed by atoms with Crippen molar-refractivity contribution in [2.24, 2.45) is 0 Å². The minimum Gasteiger partial charge on any atom is -0.383 e. The number of carbonyl (C=O) groups excluding carboxylic acids is 1.